The highest BCUT2D eigenvalue weighted by atomic mass is 79.9. The lowest BCUT2D eigenvalue weighted by Crippen LogP contribution is -2.43. The van der Waals surface area contributed by atoms with Gasteiger partial charge < -0.3 is 26.0 Å². The van der Waals surface area contributed by atoms with Crippen LogP contribution in [0, 0.1) is 5.92 Å². The van der Waals surface area contributed by atoms with Gasteiger partial charge >= 0.3 is 0 Å². The van der Waals surface area contributed by atoms with Crippen molar-refractivity contribution in [3.8, 4) is 0 Å². The third-order valence-electron chi connectivity index (χ3n) is 5.20. The summed E-state index contributed by atoms with van der Waals surface area (Å²) in [6.07, 6.45) is 8.49. The normalized spacial score (nSPS) is 20.5. The van der Waals surface area contributed by atoms with Gasteiger partial charge in [-0.3, -0.25) is 4.79 Å². The zero-order valence-corrected chi connectivity index (χ0v) is 18.1. The summed E-state index contributed by atoms with van der Waals surface area (Å²) in [4.78, 5) is 22.0. The number of nitrogens with one attached hydrogen (secondary N) is 2. The lowest BCUT2D eigenvalue weighted by molar-refractivity contribution is -0.117. The van der Waals surface area contributed by atoms with Gasteiger partial charge in [0.25, 0.3) is 0 Å². The highest BCUT2D eigenvalue weighted by Gasteiger charge is 2.31. The Bertz CT molecular complexity index is 818. The molecule has 154 valence electrons. The van der Waals surface area contributed by atoms with Gasteiger partial charge in [-0.15, -0.1) is 0 Å². The Kier molecular flexibility index (Phi) is 6.95. The van der Waals surface area contributed by atoms with Gasteiger partial charge in [-0.05, 0) is 55.0 Å². The Morgan fingerprint density at radius 3 is 2.82 bits per heavy atom. The number of aromatic amines is 1. The van der Waals surface area contributed by atoms with E-state index in [0.29, 0.717) is 0 Å². The Balaban J connectivity index is 0.000000403. The number of H-pyrrole nitrogens is 1. The number of hydrogen-bond donors (Lipinski definition) is 4. The molecule has 1 aliphatic carbocycles. The number of nitrogens with zero attached hydrogens (tertiary/aromatic N) is 2. The second-order valence-electron chi connectivity index (χ2n) is 7.75. The van der Waals surface area contributed by atoms with Crippen molar-refractivity contribution in [1.82, 2.24) is 9.97 Å². The minimum Gasteiger partial charge on any atom is -0.393 e. The topological polar surface area (TPSA) is 107 Å². The molecule has 2 aromatic rings. The molecule has 0 radical (unpaired) electrons. The van der Waals surface area contributed by atoms with Gasteiger partial charge in [0.1, 0.15) is 5.65 Å². The molecule has 1 aliphatic heterocycles. The van der Waals surface area contributed by atoms with Crippen LogP contribution in [0.4, 0.5) is 11.4 Å². The van der Waals surface area contributed by atoms with E-state index in [2.05, 4.69) is 36.1 Å². The first kappa shape index (κ1) is 21.1. The molecule has 0 spiro atoms. The molecule has 2 unspecified atom stereocenters. The number of aromatic nitrogens is 2. The molecule has 8 heteroatoms. The molecular formula is C20H30BrN5O2. The molecule has 2 aliphatic rings. The summed E-state index contributed by atoms with van der Waals surface area (Å²) < 4.78 is 0.931. The van der Waals surface area contributed by atoms with Crippen LogP contribution in [0.25, 0.3) is 11.0 Å². The number of anilines is 2. The van der Waals surface area contributed by atoms with Crippen molar-refractivity contribution in [3.63, 3.8) is 0 Å². The van der Waals surface area contributed by atoms with E-state index >= 15 is 0 Å². The maximum Gasteiger partial charge on any atom is 0.227 e. The quantitative estimate of drug-likeness (QED) is 0.569. The number of pyridine rings is 1. The van der Waals surface area contributed by atoms with Gasteiger partial charge in [-0.25, -0.2) is 4.98 Å². The number of hydrogen-bond acceptors (Lipinski definition) is 5. The lowest BCUT2D eigenvalue weighted by atomic mass is 10.1. The molecule has 2 atom stereocenters. The molecule has 1 saturated heterocycles. The monoisotopic (exact) mass is 451 g/mol. The molecule has 3 heterocycles. The number of aliphatic hydroxyl groups is 1. The van der Waals surface area contributed by atoms with Crippen molar-refractivity contribution in [2.45, 2.75) is 58.1 Å². The highest BCUT2D eigenvalue weighted by molar-refractivity contribution is 9.10. The van der Waals surface area contributed by atoms with Gasteiger partial charge in [0, 0.05) is 37.4 Å². The summed E-state index contributed by atoms with van der Waals surface area (Å²) in [6, 6.07) is 0.183. The average molecular weight is 452 g/mol. The number of carbonyl (C=O) groups excluding carboxylic acids is 1. The summed E-state index contributed by atoms with van der Waals surface area (Å²) in [5.74, 6) is 0.277. The van der Waals surface area contributed by atoms with E-state index in [0.717, 1.165) is 72.1 Å². The zero-order chi connectivity index (χ0) is 20.3. The zero-order valence-electron chi connectivity index (χ0n) is 16.5. The largest absolute Gasteiger partial charge is 0.393 e. The van der Waals surface area contributed by atoms with Crippen molar-refractivity contribution in [3.05, 3.63) is 16.9 Å². The predicted octanol–water partition coefficient (Wildman–Crippen LogP) is 3.38. The number of aliphatic hydroxyl groups excluding tert-OH is 1. The number of nitrogens with two attached hydrogens (primary N) is 1. The summed E-state index contributed by atoms with van der Waals surface area (Å²) >= 11 is 3.63. The molecule has 0 aromatic carbocycles. The van der Waals surface area contributed by atoms with Crippen molar-refractivity contribution in [2.75, 3.05) is 23.3 Å². The molecule has 2 fully saturated rings. The maximum atomic E-state index is 12.2. The van der Waals surface area contributed by atoms with Crippen molar-refractivity contribution in [1.29, 1.82) is 0 Å². The number of carbonyl (C=O) groups is 1. The van der Waals surface area contributed by atoms with Crippen LogP contribution < -0.4 is 16.0 Å². The van der Waals surface area contributed by atoms with Crippen LogP contribution in [-0.2, 0) is 4.79 Å². The Morgan fingerprint density at radius 1 is 1.50 bits per heavy atom. The average Bonchev–Trinajstić information content (AvgIpc) is 3.45. The van der Waals surface area contributed by atoms with Gasteiger partial charge in [0.05, 0.1) is 27.3 Å². The lowest BCUT2D eigenvalue weighted by Gasteiger charge is -2.33. The standard InChI is InChI=1S/C16H20BrN5O.C4H10O/c17-11-6-19-15-13(14(11)22-5-1-2-10(18)8-22)12(7-20-15)21-16(23)9-3-4-9;1-3-4(2)5/h6-7,9-10H,1-5,8,18H2,(H,19,20)(H,21,23);4-5H,3H2,1-2H3. The molecule has 5 N–H and O–H groups in total. The van der Waals surface area contributed by atoms with Crippen LogP contribution >= 0.6 is 15.9 Å². The van der Waals surface area contributed by atoms with Crippen molar-refractivity contribution in [2.24, 2.45) is 11.7 Å². The first-order valence-electron chi connectivity index (χ1n) is 10.1. The second-order valence-corrected chi connectivity index (χ2v) is 8.60. The van der Waals surface area contributed by atoms with E-state index in [1.165, 1.54) is 0 Å². The van der Waals surface area contributed by atoms with Crippen molar-refractivity contribution < 1.29 is 9.90 Å². The first-order valence-corrected chi connectivity index (χ1v) is 10.8. The minimum atomic E-state index is -0.116. The maximum absolute atomic E-state index is 12.2. The van der Waals surface area contributed by atoms with Crippen LogP contribution in [0.5, 0.6) is 0 Å². The highest BCUT2D eigenvalue weighted by Crippen LogP contribution is 2.39. The molecule has 1 amide bonds. The van der Waals surface area contributed by atoms with Gasteiger partial charge in [0.2, 0.25) is 5.91 Å². The molecule has 28 heavy (non-hydrogen) atoms. The number of fused-ring (bicyclic) bond motifs is 1. The van der Waals surface area contributed by atoms with E-state index in [1.54, 1.807) is 13.1 Å². The summed E-state index contributed by atoms with van der Waals surface area (Å²) in [5, 5.41) is 12.4. The van der Waals surface area contributed by atoms with Gasteiger partial charge in [0.15, 0.2) is 0 Å². The number of halogens is 1. The Labute approximate surface area is 174 Å². The number of rotatable bonds is 4. The van der Waals surface area contributed by atoms with Crippen molar-refractivity contribution >= 4 is 44.2 Å². The fourth-order valence-corrected chi connectivity index (χ4v) is 3.81. The third kappa shape index (κ3) is 5.04. The van der Waals surface area contributed by atoms with Crippen LogP contribution in [-0.4, -0.2) is 46.2 Å². The van der Waals surface area contributed by atoms with E-state index in [1.807, 2.05) is 13.1 Å². The molecule has 4 rings (SSSR count). The molecule has 1 saturated carbocycles. The van der Waals surface area contributed by atoms with Crippen LogP contribution in [0.3, 0.4) is 0 Å². The predicted molar refractivity (Wildman–Crippen MR) is 117 cm³/mol. The first-order chi connectivity index (χ1) is 13.4. The fourth-order valence-electron chi connectivity index (χ4n) is 3.26. The van der Waals surface area contributed by atoms with Crippen LogP contribution in [0.1, 0.15) is 46.0 Å². The smallest absolute Gasteiger partial charge is 0.227 e. The van der Waals surface area contributed by atoms with E-state index in [-0.39, 0.29) is 24.0 Å². The molecular weight excluding hydrogens is 422 g/mol. The summed E-state index contributed by atoms with van der Waals surface area (Å²) in [6.45, 7) is 5.51. The fraction of sp³-hybridized carbons (Fsp3) is 0.600. The van der Waals surface area contributed by atoms with Crippen LogP contribution in [0.2, 0.25) is 0 Å². The molecule has 0 bridgehead atoms. The van der Waals surface area contributed by atoms with E-state index < -0.39 is 0 Å². The third-order valence-corrected chi connectivity index (χ3v) is 5.78. The SMILES string of the molecule is CCC(C)O.NC1CCCN(c2c(Br)cnc3[nH]cc(NC(=O)C4CC4)c23)C1. The Hall–Kier alpha value is -1.64. The van der Waals surface area contributed by atoms with Crippen LogP contribution in [0.15, 0.2) is 16.9 Å². The van der Waals surface area contributed by atoms with Gasteiger partial charge in [-0.2, -0.15) is 0 Å². The summed E-state index contributed by atoms with van der Waals surface area (Å²) in [7, 11) is 0. The molecule has 7 nitrogen and oxygen atoms in total. The second kappa shape index (κ2) is 9.24. The molecule has 2 aromatic heterocycles. The minimum absolute atomic E-state index is 0.104. The van der Waals surface area contributed by atoms with Gasteiger partial charge in [-0.1, -0.05) is 6.92 Å². The Morgan fingerprint density at radius 2 is 2.21 bits per heavy atom. The van der Waals surface area contributed by atoms with E-state index in [4.69, 9.17) is 10.8 Å². The number of amides is 1. The number of piperidine rings is 1. The summed E-state index contributed by atoms with van der Waals surface area (Å²) in [5.41, 5.74) is 8.81. The van der Waals surface area contributed by atoms with E-state index in [9.17, 15) is 4.79 Å².